The van der Waals surface area contributed by atoms with Gasteiger partial charge in [-0.1, -0.05) is 49.7 Å². The van der Waals surface area contributed by atoms with Crippen molar-refractivity contribution in [2.24, 2.45) is 4.99 Å². The van der Waals surface area contributed by atoms with Crippen molar-refractivity contribution in [2.45, 2.75) is 44.4 Å². The molecule has 0 amide bonds. The van der Waals surface area contributed by atoms with Gasteiger partial charge in [0.2, 0.25) is 10.0 Å². The minimum Gasteiger partial charge on any atom is -0.492 e. The Kier molecular flexibility index (Phi) is 7.78. The summed E-state index contributed by atoms with van der Waals surface area (Å²) in [6.45, 7) is 3.26. The van der Waals surface area contributed by atoms with Gasteiger partial charge in [0, 0.05) is 24.1 Å². The molecule has 0 spiro atoms. The van der Waals surface area contributed by atoms with Crippen molar-refractivity contribution < 1.29 is 13.2 Å². The predicted octanol–water partition coefficient (Wildman–Crippen LogP) is 4.28. The van der Waals surface area contributed by atoms with Crippen LogP contribution in [0, 0.1) is 0 Å². The van der Waals surface area contributed by atoms with Crippen LogP contribution in [0.3, 0.4) is 0 Å². The summed E-state index contributed by atoms with van der Waals surface area (Å²) < 4.78 is 32.0. The monoisotopic (exact) mass is 462 g/mol. The molecular weight excluding hydrogens is 432 g/mol. The highest BCUT2D eigenvalue weighted by Gasteiger charge is 2.44. The van der Waals surface area contributed by atoms with Crippen LogP contribution in [0.5, 0.6) is 5.75 Å². The summed E-state index contributed by atoms with van der Waals surface area (Å²) >= 11 is 0. The molecule has 2 aromatic rings. The summed E-state index contributed by atoms with van der Waals surface area (Å²) in [6, 6.07) is 16.9. The molecule has 1 fully saturated rings. The fraction of sp³-hybridized carbons (Fsp3) is 0.458. The van der Waals surface area contributed by atoms with Crippen molar-refractivity contribution in [3.8, 4) is 5.75 Å². The SMILES string of the molecule is CCCS(=O)(=O)NCCOc1ccc2c(c1)C(C1(c3ccccc3)CCC1)=NCC2.Cl. The van der Waals surface area contributed by atoms with Gasteiger partial charge in [-0.25, -0.2) is 13.1 Å². The van der Waals surface area contributed by atoms with Gasteiger partial charge in [-0.3, -0.25) is 4.99 Å². The Morgan fingerprint density at radius 3 is 2.58 bits per heavy atom. The summed E-state index contributed by atoms with van der Waals surface area (Å²) in [5.74, 6) is 0.910. The molecule has 1 aliphatic heterocycles. The smallest absolute Gasteiger partial charge is 0.211 e. The molecule has 2 aromatic carbocycles. The summed E-state index contributed by atoms with van der Waals surface area (Å²) in [5, 5.41) is 0. The Bertz CT molecular complexity index is 1020. The van der Waals surface area contributed by atoms with Gasteiger partial charge in [0.15, 0.2) is 0 Å². The molecule has 0 atom stereocenters. The number of nitrogens with one attached hydrogen (secondary N) is 1. The van der Waals surface area contributed by atoms with Crippen LogP contribution in [0.15, 0.2) is 53.5 Å². The Hall–Kier alpha value is -1.89. The van der Waals surface area contributed by atoms with E-state index in [0.29, 0.717) is 13.0 Å². The zero-order valence-electron chi connectivity index (χ0n) is 18.0. The summed E-state index contributed by atoms with van der Waals surface area (Å²) in [5.41, 5.74) is 5.05. The first-order valence-corrected chi connectivity index (χ1v) is 12.5. The van der Waals surface area contributed by atoms with Gasteiger partial charge in [0.05, 0.1) is 11.5 Å². The van der Waals surface area contributed by atoms with E-state index in [0.717, 1.165) is 31.6 Å². The largest absolute Gasteiger partial charge is 0.492 e. The molecule has 1 N–H and O–H groups in total. The van der Waals surface area contributed by atoms with Gasteiger partial charge < -0.3 is 4.74 Å². The molecule has 7 heteroatoms. The second kappa shape index (κ2) is 10.2. The number of fused-ring (bicyclic) bond motifs is 1. The first kappa shape index (κ1) is 23.8. The maximum absolute atomic E-state index is 11.8. The number of sulfonamides is 1. The van der Waals surface area contributed by atoms with Crippen LogP contribution in [-0.4, -0.2) is 39.6 Å². The molecule has 168 valence electrons. The second-order valence-corrected chi connectivity index (χ2v) is 10.1. The Morgan fingerprint density at radius 1 is 1.13 bits per heavy atom. The maximum atomic E-state index is 11.8. The molecule has 1 heterocycles. The lowest BCUT2D eigenvalue weighted by molar-refractivity contribution is 0.322. The topological polar surface area (TPSA) is 67.8 Å². The fourth-order valence-electron chi connectivity index (χ4n) is 4.52. The molecule has 0 bridgehead atoms. The van der Waals surface area contributed by atoms with Crippen molar-refractivity contribution in [1.82, 2.24) is 4.72 Å². The Labute approximate surface area is 191 Å². The third-order valence-corrected chi connectivity index (χ3v) is 7.73. The Morgan fingerprint density at radius 2 is 1.90 bits per heavy atom. The second-order valence-electron chi connectivity index (χ2n) is 8.16. The summed E-state index contributed by atoms with van der Waals surface area (Å²) in [4.78, 5) is 5.00. The molecule has 4 rings (SSSR count). The van der Waals surface area contributed by atoms with E-state index in [1.807, 2.05) is 13.0 Å². The standard InChI is InChI=1S/C24H30N2O3S.ClH/c1-2-17-30(27,28)26-15-16-29-21-10-9-19-11-14-25-23(22(19)18-21)24(12-6-13-24)20-7-4-3-5-8-20;/h3-5,7-10,18,26H,2,6,11-17H2,1H3;1H. The quantitative estimate of drug-likeness (QED) is 0.565. The van der Waals surface area contributed by atoms with Crippen molar-refractivity contribution in [1.29, 1.82) is 0 Å². The molecule has 1 saturated carbocycles. The van der Waals surface area contributed by atoms with E-state index in [1.54, 1.807) is 0 Å². The van der Waals surface area contributed by atoms with Gasteiger partial charge >= 0.3 is 0 Å². The number of hydrogen-bond donors (Lipinski definition) is 1. The summed E-state index contributed by atoms with van der Waals surface area (Å²) in [6.07, 6.45) is 5.02. The van der Waals surface area contributed by atoms with Crippen molar-refractivity contribution in [3.05, 3.63) is 65.2 Å². The van der Waals surface area contributed by atoms with Gasteiger partial charge in [0.1, 0.15) is 12.4 Å². The number of ether oxygens (including phenoxy) is 1. The van der Waals surface area contributed by atoms with Gasteiger partial charge in [-0.15, -0.1) is 12.4 Å². The molecule has 0 radical (unpaired) electrons. The van der Waals surface area contributed by atoms with Crippen LogP contribution in [-0.2, 0) is 21.9 Å². The normalized spacial score (nSPS) is 17.0. The number of benzene rings is 2. The van der Waals surface area contributed by atoms with E-state index < -0.39 is 10.0 Å². The minimum absolute atomic E-state index is 0. The van der Waals surface area contributed by atoms with Crippen LogP contribution < -0.4 is 9.46 Å². The number of nitrogens with zero attached hydrogens (tertiary/aromatic N) is 1. The van der Waals surface area contributed by atoms with Crippen LogP contribution in [0.2, 0.25) is 0 Å². The Balaban J connectivity index is 0.00000272. The number of halogens is 1. The molecule has 2 aliphatic rings. The predicted molar refractivity (Wildman–Crippen MR) is 128 cm³/mol. The average Bonchev–Trinajstić information content (AvgIpc) is 2.71. The van der Waals surface area contributed by atoms with Crippen LogP contribution in [0.4, 0.5) is 0 Å². The van der Waals surface area contributed by atoms with E-state index in [1.165, 1.54) is 28.8 Å². The third kappa shape index (κ3) is 5.13. The zero-order chi connectivity index (χ0) is 21.0. The van der Waals surface area contributed by atoms with Crippen LogP contribution in [0.25, 0.3) is 0 Å². The van der Waals surface area contributed by atoms with E-state index in [-0.39, 0.29) is 30.1 Å². The van der Waals surface area contributed by atoms with Crippen LogP contribution >= 0.6 is 12.4 Å². The highest BCUT2D eigenvalue weighted by atomic mass is 35.5. The minimum atomic E-state index is -3.20. The van der Waals surface area contributed by atoms with Crippen molar-refractivity contribution in [2.75, 3.05) is 25.4 Å². The van der Waals surface area contributed by atoms with Gasteiger partial charge in [-0.05, 0) is 48.9 Å². The van der Waals surface area contributed by atoms with Crippen molar-refractivity contribution >= 4 is 28.1 Å². The number of hydrogen-bond acceptors (Lipinski definition) is 4. The molecule has 1 aliphatic carbocycles. The van der Waals surface area contributed by atoms with Gasteiger partial charge in [-0.2, -0.15) is 0 Å². The lowest BCUT2D eigenvalue weighted by Gasteiger charge is -2.45. The van der Waals surface area contributed by atoms with Gasteiger partial charge in [0.25, 0.3) is 0 Å². The average molecular weight is 463 g/mol. The first-order valence-electron chi connectivity index (χ1n) is 10.9. The van der Waals surface area contributed by atoms with E-state index >= 15 is 0 Å². The highest BCUT2D eigenvalue weighted by molar-refractivity contribution is 7.89. The molecule has 31 heavy (non-hydrogen) atoms. The molecule has 0 saturated heterocycles. The third-order valence-electron chi connectivity index (χ3n) is 6.14. The number of rotatable bonds is 9. The van der Waals surface area contributed by atoms with E-state index in [2.05, 4.69) is 47.2 Å². The molecule has 0 unspecified atom stereocenters. The van der Waals surface area contributed by atoms with E-state index in [4.69, 9.17) is 9.73 Å². The zero-order valence-corrected chi connectivity index (χ0v) is 19.6. The first-order chi connectivity index (χ1) is 14.5. The maximum Gasteiger partial charge on any atom is 0.211 e. The van der Waals surface area contributed by atoms with E-state index in [9.17, 15) is 8.42 Å². The number of aliphatic imine (C=N–C) groups is 1. The molecule has 5 nitrogen and oxygen atoms in total. The fourth-order valence-corrected chi connectivity index (χ4v) is 5.60. The molecular formula is C24H31ClN2O3S. The van der Waals surface area contributed by atoms with Crippen molar-refractivity contribution in [3.63, 3.8) is 0 Å². The highest BCUT2D eigenvalue weighted by Crippen LogP contribution is 2.47. The lowest BCUT2D eigenvalue weighted by Crippen LogP contribution is -2.44. The molecule has 0 aromatic heterocycles. The lowest BCUT2D eigenvalue weighted by atomic mass is 9.59. The van der Waals surface area contributed by atoms with Crippen LogP contribution in [0.1, 0.15) is 49.3 Å². The summed E-state index contributed by atoms with van der Waals surface area (Å²) in [7, 11) is -3.20.